The highest BCUT2D eigenvalue weighted by Crippen LogP contribution is 2.44. The van der Waals surface area contributed by atoms with Crippen molar-refractivity contribution < 1.29 is 252 Å². The van der Waals surface area contributed by atoms with Crippen molar-refractivity contribution in [3.63, 3.8) is 0 Å². The van der Waals surface area contributed by atoms with Crippen LogP contribution >= 0.6 is 0 Å². The Balaban J connectivity index is 0.964. The van der Waals surface area contributed by atoms with Crippen molar-refractivity contribution in [2.75, 3.05) is 52.9 Å². The quantitative estimate of drug-likeness (QED) is 0.0280. The molecule has 9 rings (SSSR count). The molecule has 47 atom stereocenters. The molecular weight excluding hydrogens is 1730 g/mol. The van der Waals surface area contributed by atoms with Gasteiger partial charge in [-0.05, 0) is 6.92 Å². The van der Waals surface area contributed by atoms with Crippen LogP contribution in [0.4, 0.5) is 0 Å². The maximum atomic E-state index is 13.5. The normalized spacial score (nSPS) is 45.7. The summed E-state index contributed by atoms with van der Waals surface area (Å²) in [5.74, 6) is -15.7. The summed E-state index contributed by atoms with van der Waals surface area (Å²) in [5.41, 5.74) is 0. The number of hydrogen-bond acceptors (Lipinski definition) is 49. The molecule has 0 aliphatic carbocycles. The number of aliphatic carboxylic acids is 2. The van der Waals surface area contributed by atoms with Gasteiger partial charge in [0.1, 0.15) is 201 Å². The summed E-state index contributed by atoms with van der Waals surface area (Å²) >= 11 is 0. The second-order valence-electron chi connectivity index (χ2n) is 31.7. The molecule has 56 heteroatoms. The molecule has 56 nitrogen and oxygen atoms in total. The van der Waals surface area contributed by atoms with Crippen LogP contribution in [0.3, 0.4) is 0 Å². The molecule has 0 aromatic carbocycles. The van der Waals surface area contributed by atoms with Gasteiger partial charge in [-0.25, -0.2) is 9.59 Å². The summed E-state index contributed by atoms with van der Waals surface area (Å²) in [6.45, 7) is -3.88. The molecule has 1 unspecified atom stereocenters. The van der Waals surface area contributed by atoms with Crippen LogP contribution in [0, 0.1) is 0 Å². The van der Waals surface area contributed by atoms with E-state index in [9.17, 15) is 171 Å². The van der Waals surface area contributed by atoms with Crippen LogP contribution in [0.5, 0.6) is 0 Å². The predicted octanol–water partition coefficient (Wildman–Crippen LogP) is -20.5. The fourth-order valence-electron chi connectivity index (χ4n) is 16.2. The molecule has 9 aliphatic rings. The highest BCUT2D eigenvalue weighted by Gasteiger charge is 2.65. The first-order valence-electron chi connectivity index (χ1n) is 39.7. The minimum Gasteiger partial charge on any atom is -0.477 e. The Bertz CT molecular complexity index is 3560. The van der Waals surface area contributed by atoms with Gasteiger partial charge >= 0.3 is 11.9 Å². The minimum absolute atomic E-state index is 0.873. The lowest BCUT2D eigenvalue weighted by molar-refractivity contribution is -0.399. The topological polar surface area (TPSA) is 883 Å². The predicted molar refractivity (Wildman–Crippen MR) is 388 cm³/mol. The number of aliphatic hydroxyl groups is 25. The van der Waals surface area contributed by atoms with Gasteiger partial charge in [-0.15, -0.1) is 0 Å². The van der Waals surface area contributed by atoms with Crippen molar-refractivity contribution in [1.82, 2.24) is 26.6 Å². The van der Waals surface area contributed by atoms with E-state index in [1.165, 1.54) is 6.92 Å². The van der Waals surface area contributed by atoms with Crippen LogP contribution in [0.25, 0.3) is 0 Å². The van der Waals surface area contributed by atoms with Gasteiger partial charge in [0.05, 0.1) is 83.3 Å². The number of aliphatic hydroxyl groups excluding tert-OH is 25. The molecule has 0 spiro atoms. The molecule has 9 aliphatic heterocycles. The molecule has 9 saturated heterocycles. The Morgan fingerprint density at radius 2 is 0.683 bits per heavy atom. The van der Waals surface area contributed by atoms with Crippen molar-refractivity contribution in [2.45, 2.75) is 342 Å². The molecule has 0 radical (unpaired) electrons. The maximum Gasteiger partial charge on any atom is 0.364 e. The fourth-order valence-corrected chi connectivity index (χ4v) is 16.2. The highest BCUT2D eigenvalue weighted by molar-refractivity contribution is 5.78. The number of nitrogens with one attached hydrogen (secondary N) is 5. The van der Waals surface area contributed by atoms with Crippen molar-refractivity contribution in [3.05, 3.63) is 0 Å². The van der Waals surface area contributed by atoms with Crippen LogP contribution in [0.2, 0.25) is 0 Å². The van der Waals surface area contributed by atoms with Crippen LogP contribution in [0.15, 0.2) is 0 Å². The first kappa shape index (κ1) is 104. The van der Waals surface area contributed by atoms with Gasteiger partial charge in [0.2, 0.25) is 29.5 Å². The first-order valence-corrected chi connectivity index (χ1v) is 39.7. The molecule has 32 N–H and O–H groups in total. The number of carboxylic acids is 2. The molecule has 0 saturated carbocycles. The number of carbonyl (C=O) groups is 7. The lowest BCUT2D eigenvalue weighted by atomic mass is 9.88. The summed E-state index contributed by atoms with van der Waals surface area (Å²) in [6.07, 6.45) is -90.4. The average molecular weight is 1840 g/mol. The zero-order valence-corrected chi connectivity index (χ0v) is 67.9. The number of carboxylic acid groups (broad SMARTS) is 2. The van der Waals surface area contributed by atoms with Crippen LogP contribution < -0.4 is 26.6 Å². The third-order valence-electron chi connectivity index (χ3n) is 22.7. The van der Waals surface area contributed by atoms with Gasteiger partial charge < -0.3 is 245 Å². The first-order chi connectivity index (χ1) is 59.2. The van der Waals surface area contributed by atoms with Crippen molar-refractivity contribution >= 4 is 41.5 Å². The van der Waals surface area contributed by atoms with Gasteiger partial charge in [0, 0.05) is 47.5 Å². The van der Waals surface area contributed by atoms with Gasteiger partial charge in [-0.3, -0.25) is 24.0 Å². The second-order valence-corrected chi connectivity index (χ2v) is 31.7. The van der Waals surface area contributed by atoms with E-state index in [2.05, 4.69) is 26.6 Å². The number of ether oxygens (including phenoxy) is 17. The van der Waals surface area contributed by atoms with Crippen LogP contribution in [0.1, 0.15) is 54.4 Å². The summed E-state index contributed by atoms with van der Waals surface area (Å²) in [7, 11) is 0. The number of carbonyl (C=O) groups excluding carboxylic acids is 5. The van der Waals surface area contributed by atoms with Crippen LogP contribution in [-0.2, 0) is 114 Å². The maximum absolute atomic E-state index is 13.5. The fraction of sp³-hybridized carbons (Fsp3) is 0.900. The van der Waals surface area contributed by atoms with Gasteiger partial charge in [0.15, 0.2) is 44.0 Å². The molecule has 9 heterocycles. The van der Waals surface area contributed by atoms with Crippen LogP contribution in [-0.4, -0.2) is 519 Å². The molecule has 0 bridgehead atoms. The Morgan fingerprint density at radius 1 is 0.341 bits per heavy atom. The zero-order chi connectivity index (χ0) is 93.6. The highest BCUT2D eigenvalue weighted by atomic mass is 16.8. The van der Waals surface area contributed by atoms with Gasteiger partial charge in [0.25, 0.3) is 11.6 Å². The van der Waals surface area contributed by atoms with E-state index in [0.717, 1.165) is 34.6 Å². The molecule has 126 heavy (non-hydrogen) atoms. The van der Waals surface area contributed by atoms with Crippen molar-refractivity contribution in [1.29, 1.82) is 0 Å². The van der Waals surface area contributed by atoms with E-state index in [1.807, 2.05) is 0 Å². The average Bonchev–Trinajstić information content (AvgIpc) is 0.762. The summed E-state index contributed by atoms with van der Waals surface area (Å²) < 4.78 is 100. The Morgan fingerprint density at radius 3 is 1.10 bits per heavy atom. The third kappa shape index (κ3) is 22.9. The zero-order valence-electron chi connectivity index (χ0n) is 67.9. The van der Waals surface area contributed by atoms with E-state index in [1.54, 1.807) is 0 Å². The van der Waals surface area contributed by atoms with E-state index < -0.39 is 394 Å². The Kier molecular flexibility index (Phi) is 36.8. The molecule has 5 amide bonds. The van der Waals surface area contributed by atoms with E-state index in [4.69, 9.17) is 80.5 Å². The summed E-state index contributed by atoms with van der Waals surface area (Å²) in [4.78, 5) is 90.4. The lowest BCUT2D eigenvalue weighted by Crippen LogP contribution is -2.72. The smallest absolute Gasteiger partial charge is 0.364 e. The Labute approximate surface area is 712 Å². The standard InChI is InChI=1S/C70H115N5O51/c1-17-38(92)46(100)47(101)63(111-17)121-56-37(75-22(6)87)62(117-31(15-82)52(56)119-65-49(103)58(42(96)28(12-79)114-65)125-69(67(106)107)7-23(88)33(71-18(2)83)54(123-69)39(93)25(90)9-76)122-57-41(95)27(11-78)113-64(48(57)102)118-51-30(14-81)116-61(35(45(51)99)73-20(4)85)110-16-32-44(98)53(36(60(105)112-32)74-21(5)86)120-66-50(104)59(43(97)29(13-80)115-66)126-70(68(108)109)8-24(89)34(72-19(3)84)55(124-70)40(94)26(91)10-77/h17,23-66,76-82,88-105H,7-16H2,1-6H3,(H,71,83)(H,72,84)(H,73,85)(H,74,86)(H,75,87)(H,106,107)(H,108,109)/t17-,23+,24+,25-,26-,27-,28-,29-,30-,31-,32-,33-,34-,35-,36-,37-,38+,39-,40-,41+,42+,43+,44+,45-,46+,47-,48-,49-,50-,51-,52-,53-,54-,55-,56-,57+,58+,59+,60?,61-,62+,63-,64+,65+,66+,69+,70+/m1/s1. The monoisotopic (exact) mass is 1840 g/mol. The summed E-state index contributed by atoms with van der Waals surface area (Å²) in [5, 5.41) is 313. The molecule has 0 aromatic rings. The number of hydrogen-bond donors (Lipinski definition) is 32. The van der Waals surface area contributed by atoms with E-state index >= 15 is 0 Å². The van der Waals surface area contributed by atoms with Crippen molar-refractivity contribution in [3.8, 4) is 0 Å². The minimum atomic E-state index is -3.34. The third-order valence-corrected chi connectivity index (χ3v) is 22.7. The largest absolute Gasteiger partial charge is 0.477 e. The molecular formula is C70H115N5O51. The Hall–Kier alpha value is -5.39. The number of amides is 5. The molecule has 9 fully saturated rings. The van der Waals surface area contributed by atoms with E-state index in [0.29, 0.717) is 0 Å². The second kappa shape index (κ2) is 44.4. The van der Waals surface area contributed by atoms with E-state index in [-0.39, 0.29) is 0 Å². The van der Waals surface area contributed by atoms with Crippen molar-refractivity contribution in [2.24, 2.45) is 0 Å². The lowest BCUT2D eigenvalue weighted by Gasteiger charge is -2.52. The number of rotatable bonds is 35. The molecule has 726 valence electrons. The van der Waals surface area contributed by atoms with Gasteiger partial charge in [-0.1, -0.05) is 0 Å². The SMILES string of the molecule is CC(=O)N[C@H]1[C@H](OC[C@H]2OC(O)[C@H](NC(C)=O)[C@@H](O[C@@H]3O[C@H](CO)[C@H](O)[C@H](O[C@]4(C(=O)O)C[C@H](O)[C@@H](NC(C)=O)[C@H]([C@H](O)[C@H](O)CO)O4)[C@H]3O)[C@H]2O)O[C@H](CO)[C@@H](O[C@@H]2O[C@H](CO)[C@H](O)[C@H](O[C@@H]3O[C@H](CO)[C@@H](O[C@@H]4O[C@H](CO)[C@H](O)[C@H](O[C@]5(C(=O)O)C[C@H](O)[C@@H](NC(C)=O)[C@H]([C@H](O)[C@H](O)CO)O5)[C@H]4O)[C@H](O[C@H]4O[C@H](C)[C@H](O)[C@H](O)[C@H]4O)[C@H]3NC(C)=O)[C@H]2O)[C@@H]1O. The van der Waals surface area contributed by atoms with Gasteiger partial charge in [-0.2, -0.15) is 0 Å². The summed E-state index contributed by atoms with van der Waals surface area (Å²) in [6, 6.07) is -9.46. The molecule has 0 aromatic heterocycles.